The Bertz CT molecular complexity index is 1200. The van der Waals surface area contributed by atoms with E-state index < -0.39 is 5.82 Å². The first-order chi connectivity index (χ1) is 15.9. The number of hydrogen-bond donors (Lipinski definition) is 2. The number of carbonyl (C=O) groups excluding carboxylic acids is 1. The Morgan fingerprint density at radius 3 is 2.85 bits per heavy atom. The Morgan fingerprint density at radius 2 is 2.12 bits per heavy atom. The minimum atomic E-state index is -0.495. The van der Waals surface area contributed by atoms with E-state index in [-0.39, 0.29) is 10.9 Å². The second-order valence-electron chi connectivity index (χ2n) is 8.26. The first-order valence-electron chi connectivity index (χ1n) is 10.7. The van der Waals surface area contributed by atoms with Gasteiger partial charge in [0, 0.05) is 36.0 Å². The van der Waals surface area contributed by atoms with Crippen molar-refractivity contribution in [2.24, 2.45) is 5.92 Å². The van der Waals surface area contributed by atoms with E-state index >= 15 is 0 Å². The third kappa shape index (κ3) is 6.40. The van der Waals surface area contributed by atoms with Gasteiger partial charge in [-0.3, -0.25) is 4.79 Å². The maximum absolute atomic E-state index is 13.4. The Balaban J connectivity index is 1.58. The number of halogens is 2. The van der Waals surface area contributed by atoms with Gasteiger partial charge in [-0.1, -0.05) is 17.7 Å². The van der Waals surface area contributed by atoms with Crippen molar-refractivity contribution in [2.45, 2.75) is 12.8 Å². The van der Waals surface area contributed by atoms with E-state index in [1.54, 1.807) is 30.5 Å². The van der Waals surface area contributed by atoms with Gasteiger partial charge in [-0.05, 0) is 57.1 Å². The molecule has 1 heterocycles. The Kier molecular flexibility index (Phi) is 7.05. The van der Waals surface area contributed by atoms with Gasteiger partial charge in [-0.15, -0.1) is 0 Å². The molecule has 4 rings (SSSR count). The molecule has 172 valence electrons. The van der Waals surface area contributed by atoms with E-state index in [0.29, 0.717) is 47.7 Å². The number of likely N-dealkylation sites (N-methyl/N-ethyl adjacent to an activating group) is 1. The fraction of sp³-hybridized carbons (Fsp3) is 0.292. The lowest BCUT2D eigenvalue weighted by Crippen LogP contribution is -2.13. The lowest BCUT2D eigenvalue weighted by molar-refractivity contribution is -0.111. The molecule has 0 unspecified atom stereocenters. The largest absolute Gasteiger partial charge is 0.491 e. The maximum atomic E-state index is 13.4. The molecule has 0 atom stereocenters. The summed E-state index contributed by atoms with van der Waals surface area (Å²) >= 11 is 5.85. The van der Waals surface area contributed by atoms with Gasteiger partial charge in [-0.2, -0.15) is 0 Å². The molecular formula is C24H25ClFN5O2. The predicted octanol–water partition coefficient (Wildman–Crippen LogP) is 5.01. The summed E-state index contributed by atoms with van der Waals surface area (Å²) in [5, 5.41) is 6.67. The predicted molar refractivity (Wildman–Crippen MR) is 129 cm³/mol. The highest BCUT2D eigenvalue weighted by atomic mass is 35.5. The molecule has 1 aliphatic carbocycles. The molecule has 33 heavy (non-hydrogen) atoms. The molecule has 0 bridgehead atoms. The molecule has 0 spiro atoms. The van der Waals surface area contributed by atoms with Crippen molar-refractivity contribution in [3.63, 3.8) is 0 Å². The third-order valence-corrected chi connectivity index (χ3v) is 5.32. The molecular weight excluding hydrogens is 445 g/mol. The second kappa shape index (κ2) is 10.1. The molecule has 1 saturated carbocycles. The number of ether oxygens (including phenoxy) is 1. The van der Waals surface area contributed by atoms with Gasteiger partial charge in [0.25, 0.3) is 0 Å². The smallest absolute Gasteiger partial charge is 0.248 e. The normalized spacial score (nSPS) is 13.6. The molecule has 0 radical (unpaired) electrons. The number of fused-ring (bicyclic) bond motifs is 1. The summed E-state index contributed by atoms with van der Waals surface area (Å²) in [5.74, 6) is 0.708. The second-order valence-corrected chi connectivity index (χ2v) is 8.67. The molecule has 0 saturated heterocycles. The number of rotatable bonds is 9. The Labute approximate surface area is 196 Å². The van der Waals surface area contributed by atoms with Crippen LogP contribution in [0, 0.1) is 11.7 Å². The van der Waals surface area contributed by atoms with Crippen molar-refractivity contribution in [3.8, 4) is 5.75 Å². The molecule has 2 aromatic carbocycles. The van der Waals surface area contributed by atoms with Gasteiger partial charge in [0.1, 0.15) is 11.6 Å². The third-order valence-electron chi connectivity index (χ3n) is 5.03. The van der Waals surface area contributed by atoms with Crippen molar-refractivity contribution in [1.82, 2.24) is 14.9 Å². The number of nitrogens with one attached hydrogen (secondary N) is 2. The maximum Gasteiger partial charge on any atom is 0.248 e. The van der Waals surface area contributed by atoms with Crippen LogP contribution in [0.25, 0.3) is 10.9 Å². The SMILES string of the molecule is CN(C)CC=CC(=O)Nc1cc2cnc(Nc3ccc(F)c(Cl)c3)nc2cc1OCC1CC1. The van der Waals surface area contributed by atoms with Gasteiger partial charge >= 0.3 is 0 Å². The molecule has 3 aromatic rings. The summed E-state index contributed by atoms with van der Waals surface area (Å²) in [4.78, 5) is 23.2. The van der Waals surface area contributed by atoms with Crippen molar-refractivity contribution in [2.75, 3.05) is 37.9 Å². The standard InChI is InChI=1S/C24H25ClFN5O2/c1-31(2)9-3-4-23(32)29-21-10-16-13-27-24(28-17-7-8-19(26)18(25)11-17)30-20(16)12-22(21)33-14-15-5-6-15/h3-4,7-8,10-13,15H,5-6,9,14H2,1-2H3,(H,29,32)(H,27,28,30). The molecule has 0 aliphatic heterocycles. The summed E-state index contributed by atoms with van der Waals surface area (Å²) in [6, 6.07) is 7.89. The van der Waals surface area contributed by atoms with Crippen molar-refractivity contribution in [1.29, 1.82) is 0 Å². The van der Waals surface area contributed by atoms with Crippen molar-refractivity contribution < 1.29 is 13.9 Å². The fourth-order valence-electron chi connectivity index (χ4n) is 3.08. The fourth-order valence-corrected chi connectivity index (χ4v) is 3.26. The first-order valence-corrected chi connectivity index (χ1v) is 11.0. The van der Waals surface area contributed by atoms with Gasteiger partial charge < -0.3 is 20.3 Å². The molecule has 7 nitrogen and oxygen atoms in total. The van der Waals surface area contributed by atoms with Gasteiger partial charge in [-0.25, -0.2) is 14.4 Å². The zero-order chi connectivity index (χ0) is 23.4. The highest BCUT2D eigenvalue weighted by Crippen LogP contribution is 2.34. The minimum absolute atomic E-state index is 0.0107. The number of anilines is 3. The zero-order valence-electron chi connectivity index (χ0n) is 18.4. The van der Waals surface area contributed by atoms with Crippen LogP contribution in [0.3, 0.4) is 0 Å². The van der Waals surface area contributed by atoms with Crippen LogP contribution in [0.5, 0.6) is 5.75 Å². The summed E-state index contributed by atoms with van der Waals surface area (Å²) in [6.07, 6.45) is 7.26. The van der Waals surface area contributed by atoms with E-state index in [1.807, 2.05) is 19.0 Å². The van der Waals surface area contributed by atoms with E-state index in [2.05, 4.69) is 20.6 Å². The molecule has 1 amide bonds. The average molecular weight is 470 g/mol. The number of hydrogen-bond acceptors (Lipinski definition) is 6. The van der Waals surface area contributed by atoms with E-state index in [4.69, 9.17) is 16.3 Å². The number of aromatic nitrogens is 2. The molecule has 1 aromatic heterocycles. The van der Waals surface area contributed by atoms with Gasteiger partial charge in [0.2, 0.25) is 11.9 Å². The monoisotopic (exact) mass is 469 g/mol. The number of amides is 1. The summed E-state index contributed by atoms with van der Waals surface area (Å²) < 4.78 is 19.4. The zero-order valence-corrected chi connectivity index (χ0v) is 19.2. The Morgan fingerprint density at radius 1 is 1.30 bits per heavy atom. The van der Waals surface area contributed by atoms with Crippen LogP contribution < -0.4 is 15.4 Å². The number of benzene rings is 2. The van der Waals surface area contributed by atoms with E-state index in [0.717, 1.165) is 18.2 Å². The summed E-state index contributed by atoms with van der Waals surface area (Å²) in [6.45, 7) is 1.26. The van der Waals surface area contributed by atoms with Crippen LogP contribution in [0.2, 0.25) is 5.02 Å². The van der Waals surface area contributed by atoms with Gasteiger partial charge in [0.05, 0.1) is 22.8 Å². The Hall–Kier alpha value is -3.23. The van der Waals surface area contributed by atoms with Crippen LogP contribution >= 0.6 is 11.6 Å². The molecule has 1 aliphatic rings. The van der Waals surface area contributed by atoms with Crippen LogP contribution in [0.15, 0.2) is 48.7 Å². The lowest BCUT2D eigenvalue weighted by Gasteiger charge is -2.14. The molecule has 2 N–H and O–H groups in total. The number of carbonyl (C=O) groups is 1. The van der Waals surface area contributed by atoms with Crippen LogP contribution in [0.1, 0.15) is 12.8 Å². The van der Waals surface area contributed by atoms with E-state index in [9.17, 15) is 9.18 Å². The van der Waals surface area contributed by atoms with Crippen molar-refractivity contribution in [3.05, 3.63) is 59.5 Å². The minimum Gasteiger partial charge on any atom is -0.491 e. The molecule has 1 fully saturated rings. The van der Waals surface area contributed by atoms with Crippen LogP contribution in [-0.4, -0.2) is 48.0 Å². The first kappa shape index (κ1) is 22.9. The lowest BCUT2D eigenvalue weighted by atomic mass is 10.2. The summed E-state index contributed by atoms with van der Waals surface area (Å²) in [5.41, 5.74) is 1.78. The highest BCUT2D eigenvalue weighted by Gasteiger charge is 2.23. The summed E-state index contributed by atoms with van der Waals surface area (Å²) in [7, 11) is 3.87. The quantitative estimate of drug-likeness (QED) is 0.429. The number of nitrogens with zero attached hydrogens (tertiary/aromatic N) is 3. The highest BCUT2D eigenvalue weighted by molar-refractivity contribution is 6.31. The van der Waals surface area contributed by atoms with Crippen LogP contribution in [0.4, 0.5) is 21.7 Å². The topological polar surface area (TPSA) is 79.4 Å². The van der Waals surface area contributed by atoms with Gasteiger partial charge in [0.15, 0.2) is 0 Å². The molecule has 9 heteroatoms. The van der Waals surface area contributed by atoms with Crippen LogP contribution in [-0.2, 0) is 4.79 Å². The average Bonchev–Trinajstić information content (AvgIpc) is 3.59. The van der Waals surface area contributed by atoms with E-state index in [1.165, 1.54) is 18.2 Å². The van der Waals surface area contributed by atoms with Crippen molar-refractivity contribution >= 4 is 45.7 Å².